The number of hydrogen-bond acceptors (Lipinski definition) is 5. The fraction of sp³-hybridized carbons (Fsp3) is 0.857. The molecule has 1 saturated carbocycles. The number of carbonyl (C=O) groups excluding carboxylic acids is 2. The van der Waals surface area contributed by atoms with Crippen molar-refractivity contribution in [3.63, 3.8) is 0 Å². The lowest BCUT2D eigenvalue weighted by Crippen LogP contribution is -2.52. The summed E-state index contributed by atoms with van der Waals surface area (Å²) in [6.07, 6.45) is 1.39. The molecule has 0 heterocycles. The Kier molecular flexibility index (Phi) is 5.80. The lowest BCUT2D eigenvalue weighted by molar-refractivity contribution is -0.149. The van der Waals surface area contributed by atoms with Crippen LogP contribution in [0.1, 0.15) is 47.0 Å². The molecular formula is C14H26N2O4. The second-order valence-corrected chi connectivity index (χ2v) is 6.18. The van der Waals surface area contributed by atoms with E-state index >= 15 is 0 Å². The van der Waals surface area contributed by atoms with Crippen molar-refractivity contribution >= 4 is 12.1 Å². The van der Waals surface area contributed by atoms with E-state index in [4.69, 9.17) is 15.2 Å². The van der Waals surface area contributed by atoms with Crippen LogP contribution in [0.25, 0.3) is 0 Å². The van der Waals surface area contributed by atoms with Crippen LogP contribution in [-0.2, 0) is 14.3 Å². The van der Waals surface area contributed by atoms with E-state index < -0.39 is 11.7 Å². The van der Waals surface area contributed by atoms with Gasteiger partial charge in [0.15, 0.2) is 0 Å². The number of amides is 1. The SMILES string of the molecule is CCOC(=O)[C@H]1CC[C@H](NC(=O)OC(C)(C)C)[C@@H](N)C1. The largest absolute Gasteiger partial charge is 0.466 e. The summed E-state index contributed by atoms with van der Waals surface area (Å²) in [4.78, 5) is 23.4. The van der Waals surface area contributed by atoms with Gasteiger partial charge >= 0.3 is 12.1 Å². The van der Waals surface area contributed by atoms with Crippen LogP contribution in [0.5, 0.6) is 0 Å². The van der Waals surface area contributed by atoms with Gasteiger partial charge in [0.1, 0.15) is 5.60 Å². The van der Waals surface area contributed by atoms with Gasteiger partial charge in [-0.05, 0) is 47.0 Å². The molecule has 6 nitrogen and oxygen atoms in total. The minimum absolute atomic E-state index is 0.157. The van der Waals surface area contributed by atoms with Crippen molar-refractivity contribution in [2.75, 3.05) is 6.61 Å². The molecule has 0 aliphatic heterocycles. The fourth-order valence-corrected chi connectivity index (χ4v) is 2.32. The van der Waals surface area contributed by atoms with Crippen molar-refractivity contribution in [2.45, 2.75) is 64.6 Å². The Morgan fingerprint density at radius 3 is 2.45 bits per heavy atom. The highest BCUT2D eigenvalue weighted by atomic mass is 16.6. The van der Waals surface area contributed by atoms with E-state index in [1.807, 2.05) is 20.8 Å². The summed E-state index contributed by atoms with van der Waals surface area (Å²) in [6.45, 7) is 7.59. The maximum atomic E-state index is 11.7. The molecule has 3 N–H and O–H groups in total. The predicted octanol–water partition coefficient (Wildman–Crippen LogP) is 1.57. The topological polar surface area (TPSA) is 90.6 Å². The van der Waals surface area contributed by atoms with Crippen molar-refractivity contribution in [3.8, 4) is 0 Å². The van der Waals surface area contributed by atoms with Crippen LogP contribution >= 0.6 is 0 Å². The summed E-state index contributed by atoms with van der Waals surface area (Å²) in [7, 11) is 0. The summed E-state index contributed by atoms with van der Waals surface area (Å²) in [5, 5.41) is 2.78. The van der Waals surface area contributed by atoms with Crippen molar-refractivity contribution in [3.05, 3.63) is 0 Å². The van der Waals surface area contributed by atoms with Crippen LogP contribution < -0.4 is 11.1 Å². The molecule has 6 heteroatoms. The monoisotopic (exact) mass is 286 g/mol. The van der Waals surface area contributed by atoms with E-state index in [-0.39, 0.29) is 24.0 Å². The average Bonchev–Trinajstić information content (AvgIpc) is 2.29. The molecule has 3 atom stereocenters. The molecule has 1 rings (SSSR count). The quantitative estimate of drug-likeness (QED) is 0.768. The first-order chi connectivity index (χ1) is 9.23. The molecule has 1 fully saturated rings. The van der Waals surface area contributed by atoms with E-state index in [2.05, 4.69) is 5.32 Å². The molecule has 0 aromatic heterocycles. The Hall–Kier alpha value is -1.30. The second-order valence-electron chi connectivity index (χ2n) is 6.18. The van der Waals surface area contributed by atoms with Gasteiger partial charge in [-0.25, -0.2) is 4.79 Å². The number of rotatable bonds is 3. The van der Waals surface area contributed by atoms with Crippen LogP contribution in [0.4, 0.5) is 4.79 Å². The van der Waals surface area contributed by atoms with Crippen LogP contribution in [-0.4, -0.2) is 36.4 Å². The lowest BCUT2D eigenvalue weighted by atomic mass is 9.83. The maximum absolute atomic E-state index is 11.7. The second kappa shape index (κ2) is 6.92. The molecule has 0 aromatic carbocycles. The highest BCUT2D eigenvalue weighted by molar-refractivity contribution is 5.73. The summed E-state index contributed by atoms with van der Waals surface area (Å²) in [5.41, 5.74) is 5.51. The molecule has 0 bridgehead atoms. The van der Waals surface area contributed by atoms with Crippen molar-refractivity contribution in [2.24, 2.45) is 11.7 Å². The molecule has 1 amide bonds. The van der Waals surface area contributed by atoms with Crippen molar-refractivity contribution < 1.29 is 19.1 Å². The van der Waals surface area contributed by atoms with Gasteiger partial charge in [0.2, 0.25) is 0 Å². The summed E-state index contributed by atoms with van der Waals surface area (Å²) < 4.78 is 10.2. The van der Waals surface area contributed by atoms with Gasteiger partial charge in [-0.3, -0.25) is 4.79 Å². The first-order valence-electron chi connectivity index (χ1n) is 7.14. The minimum atomic E-state index is -0.531. The highest BCUT2D eigenvalue weighted by Crippen LogP contribution is 2.25. The van der Waals surface area contributed by atoms with Gasteiger partial charge in [-0.15, -0.1) is 0 Å². The van der Waals surface area contributed by atoms with Gasteiger partial charge in [0.25, 0.3) is 0 Å². The first kappa shape index (κ1) is 16.8. The average molecular weight is 286 g/mol. The predicted molar refractivity (Wildman–Crippen MR) is 75.1 cm³/mol. The van der Waals surface area contributed by atoms with Crippen LogP contribution in [0.3, 0.4) is 0 Å². The third kappa shape index (κ3) is 5.36. The summed E-state index contributed by atoms with van der Waals surface area (Å²) in [5.74, 6) is -0.361. The van der Waals surface area contributed by atoms with E-state index in [0.717, 1.165) is 0 Å². The van der Waals surface area contributed by atoms with Gasteiger partial charge in [-0.2, -0.15) is 0 Å². The smallest absolute Gasteiger partial charge is 0.407 e. The normalized spacial score (nSPS) is 26.8. The van der Waals surface area contributed by atoms with E-state index in [1.165, 1.54) is 0 Å². The number of ether oxygens (including phenoxy) is 2. The molecule has 0 aromatic rings. The zero-order valence-electron chi connectivity index (χ0n) is 12.8. The standard InChI is InChI=1S/C14H26N2O4/c1-5-19-12(17)9-6-7-11(10(15)8-9)16-13(18)20-14(2,3)4/h9-11H,5-8,15H2,1-4H3,(H,16,18)/t9-,10-,11-/m0/s1. The van der Waals surface area contributed by atoms with Crippen molar-refractivity contribution in [1.29, 1.82) is 0 Å². The molecule has 20 heavy (non-hydrogen) atoms. The Morgan fingerprint density at radius 1 is 1.30 bits per heavy atom. The molecule has 1 aliphatic carbocycles. The third-order valence-corrected chi connectivity index (χ3v) is 3.22. The Balaban J connectivity index is 2.45. The van der Waals surface area contributed by atoms with E-state index in [0.29, 0.717) is 25.9 Å². The third-order valence-electron chi connectivity index (χ3n) is 3.22. The van der Waals surface area contributed by atoms with Crippen LogP contribution in [0, 0.1) is 5.92 Å². The van der Waals surface area contributed by atoms with Gasteiger partial charge in [-0.1, -0.05) is 0 Å². The highest BCUT2D eigenvalue weighted by Gasteiger charge is 2.34. The lowest BCUT2D eigenvalue weighted by Gasteiger charge is -2.33. The van der Waals surface area contributed by atoms with E-state index in [1.54, 1.807) is 6.92 Å². The van der Waals surface area contributed by atoms with Crippen LogP contribution in [0.15, 0.2) is 0 Å². The Morgan fingerprint density at radius 2 is 1.95 bits per heavy atom. The number of nitrogens with one attached hydrogen (secondary N) is 1. The number of esters is 1. The van der Waals surface area contributed by atoms with Crippen LogP contribution in [0.2, 0.25) is 0 Å². The van der Waals surface area contributed by atoms with Gasteiger partial charge in [0.05, 0.1) is 12.5 Å². The minimum Gasteiger partial charge on any atom is -0.466 e. The molecule has 0 radical (unpaired) electrons. The number of nitrogens with two attached hydrogens (primary N) is 1. The zero-order valence-corrected chi connectivity index (χ0v) is 12.8. The number of alkyl carbamates (subject to hydrolysis) is 1. The number of carbonyl (C=O) groups is 2. The maximum Gasteiger partial charge on any atom is 0.407 e. The molecule has 116 valence electrons. The van der Waals surface area contributed by atoms with Gasteiger partial charge in [0, 0.05) is 12.1 Å². The Bertz CT molecular complexity index is 352. The molecular weight excluding hydrogens is 260 g/mol. The first-order valence-corrected chi connectivity index (χ1v) is 7.14. The Labute approximate surface area is 120 Å². The molecule has 0 spiro atoms. The summed E-state index contributed by atoms with van der Waals surface area (Å²) >= 11 is 0. The molecule has 0 saturated heterocycles. The summed E-state index contributed by atoms with van der Waals surface area (Å²) in [6, 6.07) is -0.416. The zero-order chi connectivity index (χ0) is 15.3. The van der Waals surface area contributed by atoms with Gasteiger partial charge < -0.3 is 20.5 Å². The van der Waals surface area contributed by atoms with Crippen molar-refractivity contribution in [1.82, 2.24) is 5.32 Å². The van der Waals surface area contributed by atoms with E-state index in [9.17, 15) is 9.59 Å². The fourth-order valence-electron chi connectivity index (χ4n) is 2.32. The number of hydrogen-bond donors (Lipinski definition) is 2. The molecule has 1 aliphatic rings. The molecule has 0 unspecified atom stereocenters.